The summed E-state index contributed by atoms with van der Waals surface area (Å²) in [5, 5.41) is 0. The van der Waals surface area contributed by atoms with Crippen molar-refractivity contribution in [1.29, 1.82) is 0 Å². The molecule has 452 valence electrons. The second kappa shape index (κ2) is 26.8. The first-order valence-electron chi connectivity index (χ1n) is 26.9. The number of hydrogen-bond acceptors (Lipinski definition) is 7. The van der Waals surface area contributed by atoms with Crippen LogP contribution in [0.4, 0.5) is 56.6 Å². The fourth-order valence-corrected chi connectivity index (χ4v) is 11.1. The Morgan fingerprint density at radius 1 is 0.247 bits per heavy atom. The van der Waals surface area contributed by atoms with Crippen LogP contribution < -0.4 is 4.90 Å². The van der Waals surface area contributed by atoms with Crippen LogP contribution in [0.2, 0.25) is 0 Å². The molecule has 0 unspecified atom stereocenters. The average Bonchev–Trinajstić information content (AvgIpc) is 2.69. The molecule has 0 saturated carbocycles. The van der Waals surface area contributed by atoms with E-state index in [0.29, 0.717) is 23.1 Å². The summed E-state index contributed by atoms with van der Waals surface area (Å²) >= 11 is 0. The van der Waals surface area contributed by atoms with E-state index in [1.165, 1.54) is 36.4 Å². The highest BCUT2D eigenvalue weighted by atomic mass is 32.2. The number of nitrogens with zero attached hydrogens (tertiary/aromatic N) is 1. The van der Waals surface area contributed by atoms with Crippen molar-refractivity contribution in [2.75, 3.05) is 4.90 Å². The number of anilines is 3. The standard InChI is InChI=1S/C70H50F9NO6S3/c71-68(72,73)87(81,82)65-44-32-51(33-45-65)3-1-2-50-4-6-52(7-5-50)16-21-57-26-38-62(39-27-57)80(63-40-28-58(29-41-63)22-17-53-8-12-55(13-9-53)19-24-60-34-46-66(47-35-60)88(83,84)69(74,75)76)64-42-30-59(31-43-64)23-18-54-10-14-56(15-11-54)20-25-61-36-48-67(49-37-61)89(85,86)70(77,78)79/h1-2,4-49H,3H2/b2-1+,21-16+,22-17+,23-18+,24-19+,25-20+. The van der Waals surface area contributed by atoms with Gasteiger partial charge in [0.1, 0.15) is 0 Å². The van der Waals surface area contributed by atoms with Crippen LogP contribution in [0.15, 0.2) is 239 Å². The van der Waals surface area contributed by atoms with Crippen molar-refractivity contribution in [3.05, 3.63) is 291 Å². The van der Waals surface area contributed by atoms with Crippen LogP contribution in [0.3, 0.4) is 0 Å². The molecule has 0 bridgehead atoms. The summed E-state index contributed by atoms with van der Waals surface area (Å²) in [6.45, 7) is 0. The van der Waals surface area contributed by atoms with E-state index in [4.69, 9.17) is 0 Å². The fraction of sp³-hybridized carbons (Fsp3) is 0.0571. The molecule has 0 spiro atoms. The highest BCUT2D eigenvalue weighted by molar-refractivity contribution is 7.92. The monoisotopic (exact) mass is 1270 g/mol. The molecule has 0 fully saturated rings. The molecule has 9 aromatic carbocycles. The second-order valence-corrected chi connectivity index (χ2v) is 25.8. The lowest BCUT2D eigenvalue weighted by atomic mass is 10.1. The maximum Gasteiger partial charge on any atom is 0.501 e. The minimum Gasteiger partial charge on any atom is -0.311 e. The Bertz CT molecular complexity index is 4270. The molecule has 9 rings (SSSR count). The maximum absolute atomic E-state index is 13.0. The highest BCUT2D eigenvalue weighted by Gasteiger charge is 2.48. The topological polar surface area (TPSA) is 106 Å². The minimum atomic E-state index is -5.44. The van der Waals surface area contributed by atoms with Crippen LogP contribution in [-0.2, 0) is 35.9 Å². The van der Waals surface area contributed by atoms with Crippen molar-refractivity contribution in [2.24, 2.45) is 0 Å². The zero-order valence-corrected chi connectivity index (χ0v) is 48.9. The van der Waals surface area contributed by atoms with Gasteiger partial charge in [-0.15, -0.1) is 0 Å². The molecular formula is C70H50F9NO6S3. The lowest BCUT2D eigenvalue weighted by Crippen LogP contribution is -2.23. The van der Waals surface area contributed by atoms with E-state index in [2.05, 4.69) is 4.90 Å². The summed E-state index contributed by atoms with van der Waals surface area (Å²) in [5.41, 5.74) is -3.75. The number of halogens is 9. The van der Waals surface area contributed by atoms with Gasteiger partial charge in [-0.05, 0) is 146 Å². The lowest BCUT2D eigenvalue weighted by molar-refractivity contribution is -0.0442. The third kappa shape index (κ3) is 16.2. The Labute approximate surface area is 509 Å². The predicted molar refractivity (Wildman–Crippen MR) is 337 cm³/mol. The van der Waals surface area contributed by atoms with Crippen molar-refractivity contribution < 1.29 is 64.8 Å². The Balaban J connectivity index is 0.874. The summed E-state index contributed by atoms with van der Waals surface area (Å²) in [4.78, 5) is -0.334. The smallest absolute Gasteiger partial charge is 0.311 e. The summed E-state index contributed by atoms with van der Waals surface area (Å²) in [7, 11) is -16.3. The van der Waals surface area contributed by atoms with Gasteiger partial charge in [0.15, 0.2) is 0 Å². The van der Waals surface area contributed by atoms with Gasteiger partial charge in [0.25, 0.3) is 29.5 Å². The van der Waals surface area contributed by atoms with Gasteiger partial charge in [0, 0.05) is 17.1 Å². The quantitative estimate of drug-likeness (QED) is 0.0586. The van der Waals surface area contributed by atoms with Crippen molar-refractivity contribution in [2.45, 2.75) is 37.6 Å². The van der Waals surface area contributed by atoms with Crippen molar-refractivity contribution in [3.63, 3.8) is 0 Å². The van der Waals surface area contributed by atoms with Crippen LogP contribution in [0.1, 0.15) is 66.8 Å². The van der Waals surface area contributed by atoms with Crippen LogP contribution in [-0.4, -0.2) is 41.8 Å². The zero-order chi connectivity index (χ0) is 63.6. The molecule has 19 heteroatoms. The number of rotatable bonds is 19. The van der Waals surface area contributed by atoms with Gasteiger partial charge in [-0.3, -0.25) is 0 Å². The molecule has 0 heterocycles. The van der Waals surface area contributed by atoms with E-state index in [1.807, 2.05) is 194 Å². The zero-order valence-electron chi connectivity index (χ0n) is 46.4. The number of hydrogen-bond donors (Lipinski definition) is 0. The molecule has 0 aliphatic heterocycles. The summed E-state index contributed by atoms with van der Waals surface area (Å²) < 4.78 is 187. The van der Waals surface area contributed by atoms with Crippen molar-refractivity contribution in [1.82, 2.24) is 0 Å². The van der Waals surface area contributed by atoms with Gasteiger partial charge in [0.2, 0.25) is 0 Å². The van der Waals surface area contributed by atoms with E-state index in [1.54, 1.807) is 24.3 Å². The van der Waals surface area contributed by atoms with Crippen LogP contribution in [0, 0.1) is 0 Å². The lowest BCUT2D eigenvalue weighted by Gasteiger charge is -2.26. The van der Waals surface area contributed by atoms with E-state index >= 15 is 0 Å². The number of alkyl halides is 9. The molecule has 9 aromatic rings. The first-order chi connectivity index (χ1) is 42.2. The van der Waals surface area contributed by atoms with Gasteiger partial charge < -0.3 is 4.90 Å². The van der Waals surface area contributed by atoms with Gasteiger partial charge in [-0.2, -0.15) is 39.5 Å². The summed E-state index contributed by atoms with van der Waals surface area (Å²) in [6.07, 6.45) is 22.8. The SMILES string of the molecule is O=S(=O)(c1ccc(/C=C/c2ccc(/C=C/c3ccc(N(c4ccc(/C=C/c5ccc(/C=C/Cc6ccc(S(=O)(=O)C(F)(F)F)cc6)cc5)cc4)c4ccc(/C=C/c5ccc(/C=C/c6ccc(S(=O)(=O)C(F)(F)F)cc6)cc5)cc4)cc3)cc2)cc1)C(F)(F)F. The molecule has 0 radical (unpaired) electrons. The largest absolute Gasteiger partial charge is 0.501 e. The molecule has 0 saturated heterocycles. The van der Waals surface area contributed by atoms with E-state index in [9.17, 15) is 64.8 Å². The van der Waals surface area contributed by atoms with E-state index in [0.717, 1.165) is 104 Å². The first kappa shape index (κ1) is 63.9. The molecule has 0 aliphatic rings. The molecular weight excluding hydrogens is 1220 g/mol. The third-order valence-corrected chi connectivity index (χ3v) is 18.3. The maximum atomic E-state index is 13.0. The Hall–Kier alpha value is -9.56. The predicted octanol–water partition coefficient (Wildman–Crippen LogP) is 19.1. The van der Waals surface area contributed by atoms with Gasteiger partial charge in [-0.25, -0.2) is 25.3 Å². The number of allylic oxidation sites excluding steroid dienone is 1. The molecule has 0 amide bonds. The number of benzene rings is 9. The molecule has 0 N–H and O–H groups in total. The van der Waals surface area contributed by atoms with Gasteiger partial charge in [0.05, 0.1) is 14.7 Å². The van der Waals surface area contributed by atoms with Crippen LogP contribution >= 0.6 is 0 Å². The molecule has 7 nitrogen and oxygen atoms in total. The molecule has 0 aromatic heterocycles. The summed E-state index contributed by atoms with van der Waals surface area (Å²) in [6, 6.07) is 60.6. The van der Waals surface area contributed by atoms with E-state index in [-0.39, 0.29) is 0 Å². The minimum absolute atomic E-state index is 0.377. The molecule has 0 aliphatic carbocycles. The second-order valence-electron chi connectivity index (χ2n) is 20.0. The highest BCUT2D eigenvalue weighted by Crippen LogP contribution is 2.37. The van der Waals surface area contributed by atoms with Crippen LogP contribution in [0.25, 0.3) is 66.8 Å². The van der Waals surface area contributed by atoms with Crippen molar-refractivity contribution >= 4 is 113 Å². The van der Waals surface area contributed by atoms with E-state index < -0.39 is 60.7 Å². The van der Waals surface area contributed by atoms with Crippen LogP contribution in [0.5, 0.6) is 0 Å². The third-order valence-electron chi connectivity index (χ3n) is 13.8. The normalized spacial score (nSPS) is 13.0. The number of sulfone groups is 3. The Morgan fingerprint density at radius 2 is 0.416 bits per heavy atom. The molecule has 89 heavy (non-hydrogen) atoms. The Morgan fingerprint density at radius 3 is 0.618 bits per heavy atom. The Kier molecular flexibility index (Phi) is 19.3. The van der Waals surface area contributed by atoms with Gasteiger partial charge in [-0.1, -0.05) is 219 Å². The summed E-state index contributed by atoms with van der Waals surface area (Å²) in [5.74, 6) is 0. The first-order valence-corrected chi connectivity index (χ1v) is 31.4. The molecule has 0 atom stereocenters. The van der Waals surface area contributed by atoms with Gasteiger partial charge >= 0.3 is 16.5 Å². The average molecular weight is 1270 g/mol. The fourth-order valence-electron chi connectivity index (χ4n) is 8.82. The van der Waals surface area contributed by atoms with Crippen molar-refractivity contribution in [3.8, 4) is 0 Å².